The summed E-state index contributed by atoms with van der Waals surface area (Å²) in [6.45, 7) is 6.25. The van der Waals surface area contributed by atoms with Gasteiger partial charge in [-0.15, -0.1) is 0 Å². The smallest absolute Gasteiger partial charge is 0.251 e. The standard InChI is InChI=1S/C11H14N4O/c1-11(2,3)15-6-8(13-7-15)10-12-5-4-9(16)14-10/h4-7H,1-3H3,(H,12,14,16). The van der Waals surface area contributed by atoms with Gasteiger partial charge in [-0.1, -0.05) is 0 Å². The Morgan fingerprint density at radius 1 is 1.31 bits per heavy atom. The van der Waals surface area contributed by atoms with Crippen molar-refractivity contribution in [1.82, 2.24) is 19.5 Å². The van der Waals surface area contributed by atoms with Crippen LogP contribution in [0.15, 0.2) is 29.6 Å². The van der Waals surface area contributed by atoms with E-state index in [2.05, 4.69) is 35.7 Å². The van der Waals surface area contributed by atoms with E-state index in [-0.39, 0.29) is 11.1 Å². The van der Waals surface area contributed by atoms with E-state index < -0.39 is 0 Å². The van der Waals surface area contributed by atoms with Crippen molar-refractivity contribution in [1.29, 1.82) is 0 Å². The van der Waals surface area contributed by atoms with Gasteiger partial charge < -0.3 is 9.55 Å². The van der Waals surface area contributed by atoms with Gasteiger partial charge >= 0.3 is 0 Å². The molecule has 0 unspecified atom stereocenters. The molecule has 0 amide bonds. The first-order chi connectivity index (χ1) is 7.47. The highest BCUT2D eigenvalue weighted by atomic mass is 16.1. The molecular formula is C11H14N4O. The van der Waals surface area contributed by atoms with E-state index in [1.807, 2.05) is 10.8 Å². The summed E-state index contributed by atoms with van der Waals surface area (Å²) in [6, 6.07) is 1.38. The maximum Gasteiger partial charge on any atom is 0.251 e. The van der Waals surface area contributed by atoms with Crippen LogP contribution in [0, 0.1) is 0 Å². The summed E-state index contributed by atoms with van der Waals surface area (Å²) in [7, 11) is 0. The Kier molecular flexibility index (Phi) is 2.38. The first-order valence-electron chi connectivity index (χ1n) is 5.07. The molecule has 5 nitrogen and oxygen atoms in total. The van der Waals surface area contributed by atoms with E-state index in [4.69, 9.17) is 0 Å². The zero-order valence-electron chi connectivity index (χ0n) is 9.56. The van der Waals surface area contributed by atoms with E-state index >= 15 is 0 Å². The zero-order valence-corrected chi connectivity index (χ0v) is 9.56. The zero-order chi connectivity index (χ0) is 11.8. The normalized spacial score (nSPS) is 11.7. The van der Waals surface area contributed by atoms with Gasteiger partial charge in [0.1, 0.15) is 5.69 Å². The van der Waals surface area contributed by atoms with Crippen LogP contribution >= 0.6 is 0 Å². The quantitative estimate of drug-likeness (QED) is 0.786. The lowest BCUT2D eigenvalue weighted by atomic mass is 10.1. The van der Waals surface area contributed by atoms with Gasteiger partial charge in [0.15, 0.2) is 5.82 Å². The van der Waals surface area contributed by atoms with Crippen molar-refractivity contribution in [2.24, 2.45) is 0 Å². The maximum atomic E-state index is 11.1. The van der Waals surface area contributed by atoms with Crippen molar-refractivity contribution >= 4 is 0 Å². The molecule has 2 heterocycles. The molecule has 84 valence electrons. The van der Waals surface area contributed by atoms with E-state index in [1.165, 1.54) is 12.3 Å². The number of H-pyrrole nitrogens is 1. The molecule has 16 heavy (non-hydrogen) atoms. The molecule has 0 bridgehead atoms. The van der Waals surface area contributed by atoms with Gasteiger partial charge in [-0.25, -0.2) is 9.97 Å². The Bertz CT molecular complexity index is 547. The van der Waals surface area contributed by atoms with Crippen molar-refractivity contribution in [3.8, 4) is 11.5 Å². The lowest BCUT2D eigenvalue weighted by molar-refractivity contribution is 0.396. The van der Waals surface area contributed by atoms with Crippen LogP contribution in [0.1, 0.15) is 20.8 Å². The molecule has 0 aliphatic rings. The largest absolute Gasteiger partial charge is 0.331 e. The molecule has 0 aliphatic heterocycles. The minimum Gasteiger partial charge on any atom is -0.331 e. The van der Waals surface area contributed by atoms with Crippen LogP contribution in [-0.2, 0) is 5.54 Å². The average molecular weight is 218 g/mol. The summed E-state index contributed by atoms with van der Waals surface area (Å²) >= 11 is 0. The topological polar surface area (TPSA) is 63.6 Å². The molecular weight excluding hydrogens is 204 g/mol. The molecule has 1 N–H and O–H groups in total. The minimum absolute atomic E-state index is 0.0275. The fourth-order valence-corrected chi connectivity index (χ4v) is 1.31. The molecule has 0 spiro atoms. The van der Waals surface area contributed by atoms with Crippen LogP contribution in [0.3, 0.4) is 0 Å². The van der Waals surface area contributed by atoms with Gasteiger partial charge in [0.2, 0.25) is 0 Å². The lowest BCUT2D eigenvalue weighted by Crippen LogP contribution is -2.19. The third-order valence-electron chi connectivity index (χ3n) is 2.27. The Hall–Kier alpha value is -1.91. The van der Waals surface area contributed by atoms with Crippen LogP contribution < -0.4 is 5.56 Å². The number of aromatic amines is 1. The Balaban J connectivity index is 2.43. The third-order valence-corrected chi connectivity index (χ3v) is 2.27. The first-order valence-corrected chi connectivity index (χ1v) is 5.07. The second-order valence-corrected chi connectivity index (χ2v) is 4.62. The van der Waals surface area contributed by atoms with E-state index in [0.29, 0.717) is 11.5 Å². The molecule has 2 aromatic rings. The van der Waals surface area contributed by atoms with Gasteiger partial charge in [-0.05, 0) is 20.8 Å². The summed E-state index contributed by atoms with van der Waals surface area (Å²) in [5.74, 6) is 0.496. The van der Waals surface area contributed by atoms with Crippen molar-refractivity contribution in [3.05, 3.63) is 35.1 Å². The SMILES string of the molecule is CC(C)(C)n1cnc(-c2nccc(=O)[nH]2)c1. The lowest BCUT2D eigenvalue weighted by Gasteiger charge is -2.19. The summed E-state index contributed by atoms with van der Waals surface area (Å²) in [6.07, 6.45) is 5.09. The molecule has 0 aromatic carbocycles. The third kappa shape index (κ3) is 2.03. The molecule has 0 radical (unpaired) electrons. The number of hydrogen-bond acceptors (Lipinski definition) is 3. The first kappa shape index (κ1) is 10.6. The molecule has 0 fully saturated rings. The Morgan fingerprint density at radius 2 is 2.06 bits per heavy atom. The molecule has 0 saturated heterocycles. The summed E-state index contributed by atoms with van der Waals surface area (Å²) in [5, 5.41) is 0. The number of rotatable bonds is 1. The van der Waals surface area contributed by atoms with Crippen molar-refractivity contribution in [2.45, 2.75) is 26.3 Å². The maximum absolute atomic E-state index is 11.1. The molecule has 0 atom stereocenters. The van der Waals surface area contributed by atoms with Crippen molar-refractivity contribution < 1.29 is 0 Å². The summed E-state index contributed by atoms with van der Waals surface area (Å²) in [4.78, 5) is 22.1. The minimum atomic E-state index is -0.171. The number of hydrogen-bond donors (Lipinski definition) is 1. The molecule has 2 rings (SSSR count). The van der Waals surface area contributed by atoms with Crippen LogP contribution in [0.4, 0.5) is 0 Å². The van der Waals surface area contributed by atoms with Gasteiger partial charge in [-0.3, -0.25) is 4.79 Å². The average Bonchev–Trinajstić information content (AvgIpc) is 2.65. The number of nitrogens with zero attached hydrogens (tertiary/aromatic N) is 3. The van der Waals surface area contributed by atoms with Gasteiger partial charge in [-0.2, -0.15) is 0 Å². The highest BCUT2D eigenvalue weighted by molar-refractivity contribution is 5.46. The van der Waals surface area contributed by atoms with E-state index in [1.54, 1.807) is 6.33 Å². The predicted octanol–water partition coefficient (Wildman–Crippen LogP) is 1.39. The van der Waals surface area contributed by atoms with Crippen LogP contribution in [0.25, 0.3) is 11.5 Å². The fourth-order valence-electron chi connectivity index (χ4n) is 1.31. The van der Waals surface area contributed by atoms with Crippen LogP contribution in [0.2, 0.25) is 0 Å². The van der Waals surface area contributed by atoms with Crippen molar-refractivity contribution in [3.63, 3.8) is 0 Å². The molecule has 0 saturated carbocycles. The van der Waals surface area contributed by atoms with E-state index in [9.17, 15) is 4.79 Å². The second kappa shape index (κ2) is 3.59. The summed E-state index contributed by atoms with van der Waals surface area (Å²) in [5.41, 5.74) is 0.475. The summed E-state index contributed by atoms with van der Waals surface area (Å²) < 4.78 is 1.98. The fraction of sp³-hybridized carbons (Fsp3) is 0.364. The highest BCUT2D eigenvalue weighted by Crippen LogP contribution is 2.17. The van der Waals surface area contributed by atoms with E-state index in [0.717, 1.165) is 0 Å². The molecule has 2 aromatic heterocycles. The van der Waals surface area contributed by atoms with Crippen LogP contribution in [-0.4, -0.2) is 19.5 Å². The Morgan fingerprint density at radius 3 is 2.62 bits per heavy atom. The number of imidazole rings is 1. The van der Waals surface area contributed by atoms with Crippen LogP contribution in [0.5, 0.6) is 0 Å². The highest BCUT2D eigenvalue weighted by Gasteiger charge is 2.14. The molecule has 0 aliphatic carbocycles. The number of aromatic nitrogens is 4. The monoisotopic (exact) mass is 218 g/mol. The number of nitrogens with one attached hydrogen (secondary N) is 1. The van der Waals surface area contributed by atoms with Gasteiger partial charge in [0.25, 0.3) is 5.56 Å². The molecule has 5 heteroatoms. The van der Waals surface area contributed by atoms with Gasteiger partial charge in [0, 0.05) is 24.0 Å². The second-order valence-electron chi connectivity index (χ2n) is 4.62. The van der Waals surface area contributed by atoms with Crippen molar-refractivity contribution in [2.75, 3.05) is 0 Å². The Labute approximate surface area is 93.2 Å². The van der Waals surface area contributed by atoms with Gasteiger partial charge in [0.05, 0.1) is 6.33 Å². The predicted molar refractivity (Wildman–Crippen MR) is 61.1 cm³/mol.